The Balaban J connectivity index is 1.73. The highest BCUT2D eigenvalue weighted by molar-refractivity contribution is 5.78. The lowest BCUT2D eigenvalue weighted by atomic mass is 10.1. The normalized spacial score (nSPS) is 25.6. The van der Waals surface area contributed by atoms with Gasteiger partial charge in [0.05, 0.1) is 13.2 Å². The number of amides is 1. The van der Waals surface area contributed by atoms with E-state index in [9.17, 15) is 4.79 Å². The Labute approximate surface area is 119 Å². The zero-order valence-electron chi connectivity index (χ0n) is 12.1. The first-order valence-corrected chi connectivity index (χ1v) is 7.31. The zero-order chi connectivity index (χ0) is 14.4. The van der Waals surface area contributed by atoms with Crippen molar-refractivity contribution in [2.24, 2.45) is 11.0 Å². The van der Waals surface area contributed by atoms with Crippen molar-refractivity contribution in [3.63, 3.8) is 0 Å². The van der Waals surface area contributed by atoms with Crippen LogP contribution in [-0.4, -0.2) is 67.7 Å². The minimum Gasteiger partial charge on any atom is -0.379 e. The second kappa shape index (κ2) is 7.47. The molecular weight excluding hydrogens is 258 g/mol. The molecule has 7 heteroatoms. The number of ether oxygens (including phenoxy) is 1. The summed E-state index contributed by atoms with van der Waals surface area (Å²) in [6, 6.07) is 0.475. The molecule has 0 saturated carbocycles. The summed E-state index contributed by atoms with van der Waals surface area (Å²) < 4.78 is 5.35. The number of hydrogen-bond donors (Lipinski definition) is 0. The van der Waals surface area contributed by atoms with Crippen molar-refractivity contribution >= 4 is 5.91 Å². The van der Waals surface area contributed by atoms with E-state index in [1.165, 1.54) is 0 Å². The average Bonchev–Trinajstić information content (AvgIpc) is 2.83. The van der Waals surface area contributed by atoms with Crippen LogP contribution in [0, 0.1) is 5.92 Å². The molecule has 0 N–H and O–H groups in total. The second-order valence-corrected chi connectivity index (χ2v) is 5.61. The Morgan fingerprint density at radius 2 is 2.25 bits per heavy atom. The van der Waals surface area contributed by atoms with Gasteiger partial charge in [0, 0.05) is 50.1 Å². The van der Waals surface area contributed by atoms with Crippen LogP contribution in [0.3, 0.4) is 0 Å². The number of likely N-dealkylation sites (tertiary alicyclic amines) is 1. The molecule has 0 aromatic carbocycles. The van der Waals surface area contributed by atoms with Crippen molar-refractivity contribution < 1.29 is 9.53 Å². The number of rotatable bonds is 6. The molecule has 2 rings (SSSR count). The predicted octanol–water partition coefficient (Wildman–Crippen LogP) is 1.26. The van der Waals surface area contributed by atoms with E-state index in [1.807, 2.05) is 4.90 Å². The van der Waals surface area contributed by atoms with Gasteiger partial charge < -0.3 is 9.64 Å². The van der Waals surface area contributed by atoms with E-state index in [0.717, 1.165) is 45.8 Å². The van der Waals surface area contributed by atoms with Crippen molar-refractivity contribution in [3.05, 3.63) is 10.4 Å². The van der Waals surface area contributed by atoms with E-state index in [1.54, 1.807) is 0 Å². The molecule has 2 unspecified atom stereocenters. The summed E-state index contributed by atoms with van der Waals surface area (Å²) in [7, 11) is 0. The smallest absolute Gasteiger partial charge is 0.222 e. The summed E-state index contributed by atoms with van der Waals surface area (Å²) >= 11 is 0. The van der Waals surface area contributed by atoms with E-state index >= 15 is 0 Å². The molecule has 2 heterocycles. The third-order valence-electron chi connectivity index (χ3n) is 4.18. The number of morpholine rings is 1. The summed E-state index contributed by atoms with van der Waals surface area (Å²) in [5.41, 5.74) is 8.32. The van der Waals surface area contributed by atoms with Crippen molar-refractivity contribution in [3.8, 4) is 0 Å². The fourth-order valence-electron chi connectivity index (χ4n) is 2.89. The molecule has 2 aliphatic heterocycles. The first-order chi connectivity index (χ1) is 9.70. The number of carbonyl (C=O) groups is 1. The average molecular weight is 281 g/mol. The Bertz CT molecular complexity index is 377. The maximum Gasteiger partial charge on any atom is 0.222 e. The van der Waals surface area contributed by atoms with Crippen LogP contribution in [0.5, 0.6) is 0 Å². The maximum absolute atomic E-state index is 11.9. The molecule has 0 spiro atoms. The van der Waals surface area contributed by atoms with Crippen LogP contribution >= 0.6 is 0 Å². The van der Waals surface area contributed by atoms with Gasteiger partial charge in [-0.2, -0.15) is 0 Å². The Hall–Kier alpha value is -1.30. The third-order valence-corrected chi connectivity index (χ3v) is 4.18. The highest BCUT2D eigenvalue weighted by atomic mass is 16.5. The van der Waals surface area contributed by atoms with E-state index in [4.69, 9.17) is 10.3 Å². The summed E-state index contributed by atoms with van der Waals surface area (Å²) in [5, 5.41) is 3.57. The highest BCUT2D eigenvalue weighted by Crippen LogP contribution is 2.19. The van der Waals surface area contributed by atoms with E-state index < -0.39 is 0 Å². The molecule has 20 heavy (non-hydrogen) atoms. The minimum absolute atomic E-state index is 0.192. The molecule has 112 valence electrons. The van der Waals surface area contributed by atoms with E-state index in [2.05, 4.69) is 21.8 Å². The Morgan fingerprint density at radius 3 is 2.95 bits per heavy atom. The summed E-state index contributed by atoms with van der Waals surface area (Å²) in [6.07, 6.45) is 1.50. The van der Waals surface area contributed by atoms with Gasteiger partial charge in [-0.1, -0.05) is 5.11 Å². The van der Waals surface area contributed by atoms with E-state index in [-0.39, 0.29) is 11.8 Å². The molecular formula is C13H23N5O2. The fourth-order valence-corrected chi connectivity index (χ4v) is 2.89. The molecule has 0 aromatic heterocycles. The van der Waals surface area contributed by atoms with Crippen LogP contribution in [0.1, 0.15) is 19.8 Å². The van der Waals surface area contributed by atoms with Gasteiger partial charge in [-0.3, -0.25) is 9.69 Å². The standard InChI is InChI=1S/C13H23N5O2/c1-11(17-4-6-20-7-5-17)2-3-18-10-12(8-13(18)19)9-15-16-14/h11-12H,2-10H2,1H3. The predicted molar refractivity (Wildman–Crippen MR) is 75.2 cm³/mol. The largest absolute Gasteiger partial charge is 0.379 e. The lowest BCUT2D eigenvalue weighted by Gasteiger charge is -2.33. The highest BCUT2D eigenvalue weighted by Gasteiger charge is 2.29. The Kier molecular flexibility index (Phi) is 5.64. The lowest BCUT2D eigenvalue weighted by molar-refractivity contribution is -0.127. The van der Waals surface area contributed by atoms with Crippen LogP contribution in [0.2, 0.25) is 0 Å². The van der Waals surface area contributed by atoms with Gasteiger partial charge in [0.2, 0.25) is 5.91 Å². The topological polar surface area (TPSA) is 81.5 Å². The first-order valence-electron chi connectivity index (χ1n) is 7.31. The summed E-state index contributed by atoms with van der Waals surface area (Å²) in [4.78, 5) is 19.0. The van der Waals surface area contributed by atoms with Crippen LogP contribution in [0.15, 0.2) is 5.11 Å². The van der Waals surface area contributed by atoms with Gasteiger partial charge in [0.25, 0.3) is 0 Å². The van der Waals surface area contributed by atoms with Gasteiger partial charge in [-0.05, 0) is 24.8 Å². The summed E-state index contributed by atoms with van der Waals surface area (Å²) in [6.45, 7) is 7.74. The zero-order valence-corrected chi connectivity index (χ0v) is 12.1. The molecule has 0 aliphatic carbocycles. The van der Waals surface area contributed by atoms with Crippen molar-refractivity contribution in [2.75, 3.05) is 45.9 Å². The van der Waals surface area contributed by atoms with Crippen molar-refractivity contribution in [1.29, 1.82) is 0 Å². The molecule has 0 aromatic rings. The van der Waals surface area contributed by atoms with Gasteiger partial charge in [-0.15, -0.1) is 0 Å². The molecule has 1 amide bonds. The monoisotopic (exact) mass is 281 g/mol. The van der Waals surface area contributed by atoms with Gasteiger partial charge in [0.1, 0.15) is 0 Å². The quantitative estimate of drug-likeness (QED) is 0.417. The number of nitrogens with zero attached hydrogens (tertiary/aromatic N) is 5. The molecule has 2 fully saturated rings. The Morgan fingerprint density at radius 1 is 1.50 bits per heavy atom. The second-order valence-electron chi connectivity index (χ2n) is 5.61. The lowest BCUT2D eigenvalue weighted by Crippen LogP contribution is -2.43. The first kappa shape index (κ1) is 15.1. The van der Waals surface area contributed by atoms with Gasteiger partial charge >= 0.3 is 0 Å². The van der Waals surface area contributed by atoms with Gasteiger partial charge in [-0.25, -0.2) is 0 Å². The molecule has 0 bridgehead atoms. The van der Waals surface area contributed by atoms with Crippen LogP contribution in [0.25, 0.3) is 10.4 Å². The minimum atomic E-state index is 0.192. The fraction of sp³-hybridized carbons (Fsp3) is 0.923. The molecule has 0 radical (unpaired) electrons. The number of carbonyl (C=O) groups excluding carboxylic acids is 1. The molecule has 2 atom stereocenters. The van der Waals surface area contributed by atoms with Crippen LogP contribution < -0.4 is 0 Å². The third kappa shape index (κ3) is 4.10. The molecule has 2 saturated heterocycles. The van der Waals surface area contributed by atoms with Crippen molar-refractivity contribution in [2.45, 2.75) is 25.8 Å². The SMILES string of the molecule is CC(CCN1CC(CN=[N+]=[N-])CC1=O)N1CCOCC1. The van der Waals surface area contributed by atoms with Crippen molar-refractivity contribution in [1.82, 2.24) is 9.80 Å². The number of hydrogen-bond acceptors (Lipinski definition) is 4. The van der Waals surface area contributed by atoms with Crippen LogP contribution in [-0.2, 0) is 9.53 Å². The number of azide groups is 1. The summed E-state index contributed by atoms with van der Waals surface area (Å²) in [5.74, 6) is 0.384. The maximum atomic E-state index is 11.9. The molecule has 2 aliphatic rings. The van der Waals surface area contributed by atoms with Crippen LogP contribution in [0.4, 0.5) is 0 Å². The molecule has 7 nitrogen and oxygen atoms in total. The van der Waals surface area contributed by atoms with E-state index in [0.29, 0.717) is 19.0 Å². The van der Waals surface area contributed by atoms with Gasteiger partial charge in [0.15, 0.2) is 0 Å².